The topological polar surface area (TPSA) is 41.3 Å². The Kier molecular flexibility index (Phi) is 4.18. The molecule has 1 aromatic heterocycles. The van der Waals surface area contributed by atoms with Gasteiger partial charge in [0.1, 0.15) is 0 Å². The summed E-state index contributed by atoms with van der Waals surface area (Å²) in [4.78, 5) is 6.45. The van der Waals surface area contributed by atoms with E-state index in [2.05, 4.69) is 28.4 Å². The van der Waals surface area contributed by atoms with Crippen LogP contribution in [0.2, 0.25) is 0 Å². The summed E-state index contributed by atoms with van der Waals surface area (Å²) in [6.07, 6.45) is 8.10. The molecule has 96 valence electrons. The molecule has 1 N–H and O–H groups in total. The zero-order chi connectivity index (χ0) is 12.3. The van der Waals surface area contributed by atoms with Gasteiger partial charge >= 0.3 is 0 Å². The van der Waals surface area contributed by atoms with Crippen molar-refractivity contribution in [3.05, 3.63) is 18.2 Å². The van der Waals surface area contributed by atoms with Crippen LogP contribution < -0.4 is 0 Å². The highest BCUT2D eigenvalue weighted by molar-refractivity contribution is 4.99. The molecule has 0 spiro atoms. The highest BCUT2D eigenvalue weighted by Gasteiger charge is 2.26. The quantitative estimate of drug-likeness (QED) is 0.865. The van der Waals surface area contributed by atoms with Crippen molar-refractivity contribution in [1.29, 1.82) is 0 Å². The van der Waals surface area contributed by atoms with Crippen molar-refractivity contribution < 1.29 is 5.11 Å². The molecule has 1 heterocycles. The van der Waals surface area contributed by atoms with Gasteiger partial charge in [0.2, 0.25) is 0 Å². The van der Waals surface area contributed by atoms with Gasteiger partial charge in [-0.1, -0.05) is 12.8 Å². The maximum absolute atomic E-state index is 10.0. The predicted molar refractivity (Wildman–Crippen MR) is 67.6 cm³/mol. The monoisotopic (exact) mass is 237 g/mol. The summed E-state index contributed by atoms with van der Waals surface area (Å²) in [5.41, 5.74) is 1.23. The van der Waals surface area contributed by atoms with Gasteiger partial charge < -0.3 is 9.67 Å². The molecule has 4 nitrogen and oxygen atoms in total. The molecule has 0 saturated heterocycles. The van der Waals surface area contributed by atoms with E-state index in [0.717, 1.165) is 25.9 Å². The number of rotatable bonds is 4. The second-order valence-electron chi connectivity index (χ2n) is 5.01. The first-order chi connectivity index (χ1) is 8.22. The fourth-order valence-electron chi connectivity index (χ4n) is 2.74. The highest BCUT2D eigenvalue weighted by atomic mass is 16.3. The summed E-state index contributed by atoms with van der Waals surface area (Å²) in [6, 6.07) is 0.309. The molecule has 0 radical (unpaired) electrons. The van der Waals surface area contributed by atoms with E-state index in [-0.39, 0.29) is 6.10 Å². The van der Waals surface area contributed by atoms with Gasteiger partial charge in [-0.05, 0) is 26.8 Å². The first kappa shape index (κ1) is 12.6. The van der Waals surface area contributed by atoms with E-state index in [4.69, 9.17) is 0 Å². The van der Waals surface area contributed by atoms with E-state index in [9.17, 15) is 5.11 Å². The molecule has 1 saturated carbocycles. The number of likely N-dealkylation sites (N-methyl/N-ethyl adjacent to an activating group) is 1. The van der Waals surface area contributed by atoms with E-state index in [1.165, 1.54) is 18.5 Å². The third kappa shape index (κ3) is 2.87. The Balaban J connectivity index is 1.98. The van der Waals surface area contributed by atoms with E-state index >= 15 is 0 Å². The van der Waals surface area contributed by atoms with Crippen molar-refractivity contribution in [3.8, 4) is 0 Å². The SMILES string of the molecule is CCn1cncc1CN(C)[C@@H]1CCCC[C@H]1O. The smallest absolute Gasteiger partial charge is 0.0948 e. The Bertz CT molecular complexity index is 350. The highest BCUT2D eigenvalue weighted by Crippen LogP contribution is 2.23. The first-order valence-electron chi connectivity index (χ1n) is 6.59. The van der Waals surface area contributed by atoms with Crippen molar-refractivity contribution >= 4 is 0 Å². The third-order valence-electron chi connectivity index (χ3n) is 3.81. The average molecular weight is 237 g/mol. The molecule has 0 amide bonds. The molecular formula is C13H23N3O. The van der Waals surface area contributed by atoms with Crippen LogP contribution in [0.5, 0.6) is 0 Å². The second-order valence-corrected chi connectivity index (χ2v) is 5.01. The zero-order valence-corrected chi connectivity index (χ0v) is 10.8. The van der Waals surface area contributed by atoms with Crippen molar-refractivity contribution in [3.63, 3.8) is 0 Å². The van der Waals surface area contributed by atoms with Gasteiger partial charge in [-0.3, -0.25) is 4.90 Å². The molecule has 0 aliphatic heterocycles. The summed E-state index contributed by atoms with van der Waals surface area (Å²) in [5.74, 6) is 0. The Hall–Kier alpha value is -0.870. The lowest BCUT2D eigenvalue weighted by Gasteiger charge is -2.35. The largest absolute Gasteiger partial charge is 0.391 e. The van der Waals surface area contributed by atoms with Crippen LogP contribution in [0.3, 0.4) is 0 Å². The zero-order valence-electron chi connectivity index (χ0n) is 10.8. The van der Waals surface area contributed by atoms with E-state index in [1.807, 2.05) is 12.5 Å². The molecule has 4 heteroatoms. The number of nitrogens with zero attached hydrogens (tertiary/aromatic N) is 3. The maximum Gasteiger partial charge on any atom is 0.0948 e. The minimum atomic E-state index is -0.160. The number of aromatic nitrogens is 2. The lowest BCUT2D eigenvalue weighted by Crippen LogP contribution is -2.43. The van der Waals surface area contributed by atoms with E-state index in [0.29, 0.717) is 6.04 Å². The molecular weight excluding hydrogens is 214 g/mol. The van der Waals surface area contributed by atoms with Crippen molar-refractivity contribution in [2.45, 2.75) is 57.8 Å². The fourth-order valence-corrected chi connectivity index (χ4v) is 2.74. The van der Waals surface area contributed by atoms with Gasteiger partial charge in [-0.15, -0.1) is 0 Å². The molecule has 0 unspecified atom stereocenters. The standard InChI is InChI=1S/C13H23N3O/c1-3-16-10-14-8-11(16)9-15(2)12-6-4-5-7-13(12)17/h8,10,12-13,17H,3-7,9H2,1-2H3/t12-,13-/m1/s1. The summed E-state index contributed by atoms with van der Waals surface area (Å²) in [5, 5.41) is 10.0. The van der Waals surface area contributed by atoms with Gasteiger partial charge in [0.15, 0.2) is 0 Å². The summed E-state index contributed by atoms with van der Waals surface area (Å²) >= 11 is 0. The molecule has 0 bridgehead atoms. The first-order valence-corrected chi connectivity index (χ1v) is 6.59. The molecule has 0 aromatic carbocycles. The van der Waals surface area contributed by atoms with Crippen molar-refractivity contribution in [2.24, 2.45) is 0 Å². The van der Waals surface area contributed by atoms with Crippen LogP contribution in [-0.4, -0.2) is 38.8 Å². The molecule has 1 aromatic rings. The van der Waals surface area contributed by atoms with Gasteiger partial charge in [-0.2, -0.15) is 0 Å². The van der Waals surface area contributed by atoms with Gasteiger partial charge in [-0.25, -0.2) is 4.98 Å². The minimum Gasteiger partial charge on any atom is -0.391 e. The number of hydrogen-bond donors (Lipinski definition) is 1. The van der Waals surface area contributed by atoms with Crippen LogP contribution in [0.25, 0.3) is 0 Å². The number of aliphatic hydroxyl groups is 1. The van der Waals surface area contributed by atoms with Crippen molar-refractivity contribution in [1.82, 2.24) is 14.5 Å². The van der Waals surface area contributed by atoms with Crippen LogP contribution in [0.1, 0.15) is 38.3 Å². The van der Waals surface area contributed by atoms with Crippen LogP contribution in [0.4, 0.5) is 0 Å². The Morgan fingerprint density at radius 1 is 1.47 bits per heavy atom. The summed E-state index contributed by atoms with van der Waals surface area (Å²) in [7, 11) is 2.10. The fraction of sp³-hybridized carbons (Fsp3) is 0.769. The van der Waals surface area contributed by atoms with Crippen LogP contribution >= 0.6 is 0 Å². The van der Waals surface area contributed by atoms with Gasteiger partial charge in [0.05, 0.1) is 18.1 Å². The van der Waals surface area contributed by atoms with Gasteiger partial charge in [0, 0.05) is 25.3 Å². The number of hydrogen-bond acceptors (Lipinski definition) is 3. The average Bonchev–Trinajstić information content (AvgIpc) is 2.76. The number of aliphatic hydroxyl groups excluding tert-OH is 1. The Labute approximate surface area is 103 Å². The predicted octanol–water partition coefficient (Wildman–Crippen LogP) is 1.64. The summed E-state index contributed by atoms with van der Waals surface area (Å²) < 4.78 is 2.16. The molecule has 2 atom stereocenters. The van der Waals surface area contributed by atoms with E-state index in [1.54, 1.807) is 0 Å². The van der Waals surface area contributed by atoms with Crippen LogP contribution in [0, 0.1) is 0 Å². The van der Waals surface area contributed by atoms with Crippen molar-refractivity contribution in [2.75, 3.05) is 7.05 Å². The Morgan fingerprint density at radius 3 is 2.94 bits per heavy atom. The lowest BCUT2D eigenvalue weighted by molar-refractivity contribution is 0.0279. The Morgan fingerprint density at radius 2 is 2.24 bits per heavy atom. The van der Waals surface area contributed by atoms with Gasteiger partial charge in [0.25, 0.3) is 0 Å². The maximum atomic E-state index is 10.0. The lowest BCUT2D eigenvalue weighted by atomic mass is 9.91. The van der Waals surface area contributed by atoms with Crippen LogP contribution in [0.15, 0.2) is 12.5 Å². The number of aryl methyl sites for hydroxylation is 1. The van der Waals surface area contributed by atoms with Crippen LogP contribution in [-0.2, 0) is 13.1 Å². The van der Waals surface area contributed by atoms with E-state index < -0.39 is 0 Å². The number of imidazole rings is 1. The summed E-state index contributed by atoms with van der Waals surface area (Å²) in [6.45, 7) is 3.95. The second kappa shape index (κ2) is 5.65. The molecule has 1 aliphatic rings. The molecule has 17 heavy (non-hydrogen) atoms. The molecule has 1 aliphatic carbocycles. The normalized spacial score (nSPS) is 25.4. The third-order valence-corrected chi connectivity index (χ3v) is 3.81. The minimum absolute atomic E-state index is 0.160. The molecule has 1 fully saturated rings. The molecule has 2 rings (SSSR count).